The zero-order valence-electron chi connectivity index (χ0n) is 13.0. The average molecular weight is 340 g/mol. The summed E-state index contributed by atoms with van der Waals surface area (Å²) in [5.41, 5.74) is 0.940. The van der Waals surface area contributed by atoms with Crippen molar-refractivity contribution in [2.24, 2.45) is 0 Å². The summed E-state index contributed by atoms with van der Waals surface area (Å²) < 4.78 is 26.6. The molecule has 1 aliphatic rings. The molecule has 1 aromatic carbocycles. The number of carbonyl (C=O) groups excluding carboxylic acids is 1. The molecule has 2 unspecified atom stereocenters. The lowest BCUT2D eigenvalue weighted by Crippen LogP contribution is -2.49. The number of benzene rings is 1. The number of nitrogens with one attached hydrogen (secondary N) is 1. The van der Waals surface area contributed by atoms with Crippen LogP contribution in [0, 0.1) is 6.92 Å². The third-order valence-electron chi connectivity index (χ3n) is 3.86. The van der Waals surface area contributed by atoms with E-state index in [0.29, 0.717) is 12.8 Å². The highest BCUT2D eigenvalue weighted by Gasteiger charge is 2.40. The molecule has 2 N–H and O–H groups in total. The quantitative estimate of drug-likeness (QED) is 0.823. The van der Waals surface area contributed by atoms with Gasteiger partial charge in [0, 0.05) is 6.54 Å². The number of amides is 1. The summed E-state index contributed by atoms with van der Waals surface area (Å²) in [6, 6.07) is 4.49. The van der Waals surface area contributed by atoms with Gasteiger partial charge in [-0.25, -0.2) is 8.42 Å². The monoisotopic (exact) mass is 340 g/mol. The Morgan fingerprint density at radius 3 is 2.48 bits per heavy atom. The number of hydrogen-bond acceptors (Lipinski definition) is 4. The largest absolute Gasteiger partial charge is 0.480 e. The Labute approximate surface area is 135 Å². The summed E-state index contributed by atoms with van der Waals surface area (Å²) in [7, 11) is -3.78. The molecule has 1 heterocycles. The first-order chi connectivity index (χ1) is 10.7. The van der Waals surface area contributed by atoms with Crippen molar-refractivity contribution in [2.45, 2.75) is 43.7 Å². The number of aliphatic carboxylic acids is 1. The average Bonchev–Trinajstić information content (AvgIpc) is 2.97. The van der Waals surface area contributed by atoms with Crippen LogP contribution in [0.15, 0.2) is 29.2 Å². The van der Waals surface area contributed by atoms with Crippen molar-refractivity contribution in [1.29, 1.82) is 0 Å². The van der Waals surface area contributed by atoms with E-state index in [0.717, 1.165) is 9.87 Å². The third-order valence-corrected chi connectivity index (χ3v) is 5.79. The second kappa shape index (κ2) is 6.67. The predicted molar refractivity (Wildman–Crippen MR) is 83.3 cm³/mol. The molecule has 23 heavy (non-hydrogen) atoms. The molecule has 0 radical (unpaired) electrons. The van der Waals surface area contributed by atoms with Gasteiger partial charge >= 0.3 is 5.97 Å². The SMILES string of the molecule is Cc1ccc(S(=O)(=O)N2CCCC2C(=O)NC(C)C(=O)O)cc1. The van der Waals surface area contributed by atoms with Crippen molar-refractivity contribution >= 4 is 21.9 Å². The summed E-state index contributed by atoms with van der Waals surface area (Å²) in [4.78, 5) is 23.2. The van der Waals surface area contributed by atoms with E-state index in [1.165, 1.54) is 19.1 Å². The summed E-state index contributed by atoms with van der Waals surface area (Å²) in [6.07, 6.45) is 0.938. The molecule has 126 valence electrons. The summed E-state index contributed by atoms with van der Waals surface area (Å²) in [5, 5.41) is 11.2. The summed E-state index contributed by atoms with van der Waals surface area (Å²) in [5.74, 6) is -1.74. The number of carboxylic acids is 1. The van der Waals surface area contributed by atoms with Gasteiger partial charge in [-0.1, -0.05) is 17.7 Å². The highest BCUT2D eigenvalue weighted by Crippen LogP contribution is 2.26. The first-order valence-electron chi connectivity index (χ1n) is 7.35. The molecule has 1 aromatic rings. The molecule has 0 bridgehead atoms. The van der Waals surface area contributed by atoms with Crippen molar-refractivity contribution in [2.75, 3.05) is 6.54 Å². The van der Waals surface area contributed by atoms with Crippen LogP contribution >= 0.6 is 0 Å². The van der Waals surface area contributed by atoms with E-state index in [2.05, 4.69) is 5.32 Å². The molecule has 0 spiro atoms. The zero-order chi connectivity index (χ0) is 17.2. The Bertz CT molecular complexity index is 699. The molecule has 1 amide bonds. The van der Waals surface area contributed by atoms with E-state index in [1.807, 2.05) is 6.92 Å². The summed E-state index contributed by atoms with van der Waals surface area (Å²) >= 11 is 0. The molecule has 1 saturated heterocycles. The lowest BCUT2D eigenvalue weighted by molar-refractivity contribution is -0.141. The minimum atomic E-state index is -3.78. The number of sulfonamides is 1. The number of aryl methyl sites for hydroxylation is 1. The Morgan fingerprint density at radius 2 is 1.91 bits per heavy atom. The number of carboxylic acid groups (broad SMARTS) is 1. The van der Waals surface area contributed by atoms with Gasteiger partial charge in [0.2, 0.25) is 15.9 Å². The van der Waals surface area contributed by atoms with Crippen LogP contribution in [0.4, 0.5) is 0 Å². The van der Waals surface area contributed by atoms with Gasteiger partial charge in [0.15, 0.2) is 0 Å². The van der Waals surface area contributed by atoms with Gasteiger partial charge in [0.25, 0.3) is 0 Å². The van der Waals surface area contributed by atoms with Gasteiger partial charge in [0.1, 0.15) is 12.1 Å². The minimum Gasteiger partial charge on any atom is -0.480 e. The number of carbonyl (C=O) groups is 2. The number of nitrogens with zero attached hydrogens (tertiary/aromatic N) is 1. The lowest BCUT2D eigenvalue weighted by atomic mass is 10.2. The van der Waals surface area contributed by atoms with E-state index >= 15 is 0 Å². The second-order valence-electron chi connectivity index (χ2n) is 5.66. The topological polar surface area (TPSA) is 104 Å². The van der Waals surface area contributed by atoms with Crippen LogP contribution in [-0.4, -0.2) is 48.3 Å². The van der Waals surface area contributed by atoms with Crippen LogP contribution in [0.25, 0.3) is 0 Å². The minimum absolute atomic E-state index is 0.133. The zero-order valence-corrected chi connectivity index (χ0v) is 13.8. The predicted octanol–water partition coefficient (Wildman–Crippen LogP) is 0.737. The van der Waals surface area contributed by atoms with E-state index in [-0.39, 0.29) is 11.4 Å². The Kier molecular flexibility index (Phi) is 5.06. The maximum atomic E-state index is 12.7. The highest BCUT2D eigenvalue weighted by molar-refractivity contribution is 7.89. The molecule has 0 saturated carbocycles. The van der Waals surface area contributed by atoms with E-state index < -0.39 is 34.0 Å². The maximum Gasteiger partial charge on any atom is 0.325 e. The molecule has 7 nitrogen and oxygen atoms in total. The van der Waals surface area contributed by atoms with Crippen molar-refractivity contribution in [1.82, 2.24) is 9.62 Å². The molecule has 2 rings (SSSR count). The maximum absolute atomic E-state index is 12.7. The fourth-order valence-electron chi connectivity index (χ4n) is 2.51. The van der Waals surface area contributed by atoms with Crippen LogP contribution < -0.4 is 5.32 Å². The molecule has 8 heteroatoms. The van der Waals surface area contributed by atoms with Gasteiger partial charge in [-0.05, 0) is 38.8 Å². The smallest absolute Gasteiger partial charge is 0.325 e. The molecular weight excluding hydrogens is 320 g/mol. The standard InChI is InChI=1S/C15H20N2O5S/c1-10-5-7-12(8-6-10)23(21,22)17-9-3-4-13(17)14(18)16-11(2)15(19)20/h5-8,11,13H,3-4,9H2,1-2H3,(H,16,18)(H,19,20). The number of rotatable bonds is 5. The van der Waals surface area contributed by atoms with Crippen molar-refractivity contribution in [3.8, 4) is 0 Å². The second-order valence-corrected chi connectivity index (χ2v) is 7.55. The molecular formula is C15H20N2O5S. The van der Waals surface area contributed by atoms with Crippen LogP contribution in [0.5, 0.6) is 0 Å². The highest BCUT2D eigenvalue weighted by atomic mass is 32.2. The fourth-order valence-corrected chi connectivity index (χ4v) is 4.16. The van der Waals surface area contributed by atoms with E-state index in [4.69, 9.17) is 5.11 Å². The molecule has 1 fully saturated rings. The van der Waals surface area contributed by atoms with Crippen LogP contribution in [0.1, 0.15) is 25.3 Å². The third kappa shape index (κ3) is 3.70. The molecule has 2 atom stereocenters. The van der Waals surface area contributed by atoms with Gasteiger partial charge in [-0.2, -0.15) is 4.31 Å². The fraction of sp³-hybridized carbons (Fsp3) is 0.467. The molecule has 1 aliphatic heterocycles. The normalized spacial score (nSPS) is 20.2. The van der Waals surface area contributed by atoms with Gasteiger partial charge in [0.05, 0.1) is 4.90 Å². The molecule has 0 aliphatic carbocycles. The van der Waals surface area contributed by atoms with Crippen molar-refractivity contribution < 1.29 is 23.1 Å². The van der Waals surface area contributed by atoms with Crippen LogP contribution in [-0.2, 0) is 19.6 Å². The first-order valence-corrected chi connectivity index (χ1v) is 8.79. The Hall–Kier alpha value is -1.93. The first kappa shape index (κ1) is 17.4. The Morgan fingerprint density at radius 1 is 1.30 bits per heavy atom. The lowest BCUT2D eigenvalue weighted by Gasteiger charge is -2.24. The van der Waals surface area contributed by atoms with E-state index in [9.17, 15) is 18.0 Å². The van der Waals surface area contributed by atoms with Crippen LogP contribution in [0.3, 0.4) is 0 Å². The van der Waals surface area contributed by atoms with Gasteiger partial charge in [-0.3, -0.25) is 9.59 Å². The van der Waals surface area contributed by atoms with Crippen molar-refractivity contribution in [3.05, 3.63) is 29.8 Å². The van der Waals surface area contributed by atoms with E-state index in [1.54, 1.807) is 12.1 Å². The Balaban J connectivity index is 2.22. The summed E-state index contributed by atoms with van der Waals surface area (Å²) in [6.45, 7) is 3.44. The van der Waals surface area contributed by atoms with Gasteiger partial charge in [-0.15, -0.1) is 0 Å². The molecule has 0 aromatic heterocycles. The van der Waals surface area contributed by atoms with Crippen LogP contribution in [0.2, 0.25) is 0 Å². The van der Waals surface area contributed by atoms with Gasteiger partial charge < -0.3 is 10.4 Å². The number of hydrogen-bond donors (Lipinski definition) is 2. The van der Waals surface area contributed by atoms with Crippen molar-refractivity contribution in [3.63, 3.8) is 0 Å².